The van der Waals surface area contributed by atoms with Crippen molar-refractivity contribution in [2.75, 3.05) is 26.3 Å². The van der Waals surface area contributed by atoms with Crippen molar-refractivity contribution in [3.63, 3.8) is 0 Å². The van der Waals surface area contributed by atoms with E-state index in [1.807, 2.05) is 24.3 Å². The Morgan fingerprint density at radius 2 is 1.82 bits per heavy atom. The van der Waals surface area contributed by atoms with Gasteiger partial charge in [0.05, 0.1) is 5.92 Å². The Balaban J connectivity index is 1.48. The molecule has 2 aromatic rings. The molecule has 1 saturated heterocycles. The van der Waals surface area contributed by atoms with Gasteiger partial charge in [-0.3, -0.25) is 9.59 Å². The van der Waals surface area contributed by atoms with E-state index in [2.05, 4.69) is 0 Å². The lowest BCUT2D eigenvalue weighted by Crippen LogP contribution is -2.28. The average Bonchev–Trinajstić information content (AvgIpc) is 3.07. The lowest BCUT2D eigenvalue weighted by atomic mass is 10.1. The first-order chi connectivity index (χ1) is 13.5. The van der Waals surface area contributed by atoms with Crippen LogP contribution in [0, 0.1) is 11.7 Å². The molecule has 0 aromatic heterocycles. The Labute approximate surface area is 162 Å². The summed E-state index contributed by atoms with van der Waals surface area (Å²) >= 11 is 0. The van der Waals surface area contributed by atoms with Gasteiger partial charge in [-0.2, -0.15) is 0 Å². The molecule has 0 saturated carbocycles. The van der Waals surface area contributed by atoms with Crippen molar-refractivity contribution in [3.8, 4) is 11.5 Å². The number of benzene rings is 2. The number of carbonyl (C=O) groups excluding carboxylic acids is 1. The fourth-order valence-electron chi connectivity index (χ4n) is 3.10. The standard InChI is InChI=1S/C21H22FNO5/c22-17-5-7-18(8-6-17)27-11-12-28-19-4-2-1-3-15(19)9-10-23-14-16(21(25)26)13-20(23)24/h1-8,16H,9-14H2,(H,25,26). The van der Waals surface area contributed by atoms with Gasteiger partial charge in [-0.1, -0.05) is 18.2 Å². The SMILES string of the molecule is O=C(O)C1CC(=O)N(CCc2ccccc2OCCOc2ccc(F)cc2)C1. The molecule has 1 unspecified atom stereocenters. The minimum Gasteiger partial charge on any atom is -0.490 e. The molecular formula is C21H22FNO5. The number of nitrogens with zero attached hydrogens (tertiary/aromatic N) is 1. The average molecular weight is 387 g/mol. The second kappa shape index (κ2) is 9.21. The molecule has 1 fully saturated rings. The van der Waals surface area contributed by atoms with Gasteiger partial charge >= 0.3 is 5.97 Å². The number of carboxylic acids is 1. The summed E-state index contributed by atoms with van der Waals surface area (Å²) in [4.78, 5) is 24.6. The van der Waals surface area contributed by atoms with E-state index in [-0.39, 0.29) is 24.7 Å². The van der Waals surface area contributed by atoms with Gasteiger partial charge in [0.2, 0.25) is 5.91 Å². The number of rotatable bonds is 9. The van der Waals surface area contributed by atoms with Crippen LogP contribution in [0.1, 0.15) is 12.0 Å². The number of halogens is 1. The third kappa shape index (κ3) is 5.22. The van der Waals surface area contributed by atoms with E-state index >= 15 is 0 Å². The van der Waals surface area contributed by atoms with Gasteiger partial charge in [-0.05, 0) is 42.3 Å². The van der Waals surface area contributed by atoms with Gasteiger partial charge in [0, 0.05) is 19.5 Å². The molecule has 1 aliphatic rings. The van der Waals surface area contributed by atoms with Crippen LogP contribution >= 0.6 is 0 Å². The first kappa shape index (κ1) is 19.7. The van der Waals surface area contributed by atoms with Crippen molar-refractivity contribution in [1.29, 1.82) is 0 Å². The van der Waals surface area contributed by atoms with Crippen LogP contribution in [0.2, 0.25) is 0 Å². The molecule has 1 heterocycles. The summed E-state index contributed by atoms with van der Waals surface area (Å²) in [7, 11) is 0. The zero-order valence-corrected chi connectivity index (χ0v) is 15.3. The van der Waals surface area contributed by atoms with E-state index in [0.29, 0.717) is 37.7 Å². The Hall–Kier alpha value is -3.09. The van der Waals surface area contributed by atoms with E-state index in [9.17, 15) is 14.0 Å². The first-order valence-corrected chi connectivity index (χ1v) is 9.12. The largest absolute Gasteiger partial charge is 0.490 e. The van der Waals surface area contributed by atoms with E-state index in [0.717, 1.165) is 5.56 Å². The Morgan fingerprint density at radius 1 is 1.11 bits per heavy atom. The topological polar surface area (TPSA) is 76.1 Å². The highest BCUT2D eigenvalue weighted by atomic mass is 19.1. The third-order valence-corrected chi connectivity index (χ3v) is 4.61. The van der Waals surface area contributed by atoms with Gasteiger partial charge in [-0.25, -0.2) is 4.39 Å². The van der Waals surface area contributed by atoms with Crippen molar-refractivity contribution in [3.05, 3.63) is 59.9 Å². The summed E-state index contributed by atoms with van der Waals surface area (Å²) in [5, 5.41) is 9.07. The highest BCUT2D eigenvalue weighted by molar-refractivity contribution is 5.86. The molecule has 0 radical (unpaired) electrons. The number of carbonyl (C=O) groups is 2. The van der Waals surface area contributed by atoms with Crippen molar-refractivity contribution >= 4 is 11.9 Å². The molecule has 0 aliphatic carbocycles. The predicted molar refractivity (Wildman–Crippen MR) is 99.9 cm³/mol. The van der Waals surface area contributed by atoms with E-state index in [4.69, 9.17) is 14.6 Å². The second-order valence-corrected chi connectivity index (χ2v) is 6.59. The number of carboxylic acid groups (broad SMARTS) is 1. The molecule has 148 valence electrons. The fourth-order valence-corrected chi connectivity index (χ4v) is 3.10. The van der Waals surface area contributed by atoms with Gasteiger partial charge in [0.15, 0.2) is 0 Å². The summed E-state index contributed by atoms with van der Waals surface area (Å²) in [5.74, 6) is -0.726. The Bertz CT molecular complexity index is 824. The predicted octanol–water partition coefficient (Wildman–Crippen LogP) is 2.76. The zero-order chi connectivity index (χ0) is 19.9. The van der Waals surface area contributed by atoms with E-state index < -0.39 is 11.9 Å². The Morgan fingerprint density at radius 3 is 2.54 bits per heavy atom. The lowest BCUT2D eigenvalue weighted by molar-refractivity contribution is -0.141. The van der Waals surface area contributed by atoms with Crippen molar-refractivity contribution < 1.29 is 28.6 Å². The minimum atomic E-state index is -0.930. The monoisotopic (exact) mass is 387 g/mol. The molecule has 1 N–H and O–H groups in total. The molecule has 3 rings (SSSR count). The van der Waals surface area contributed by atoms with Gasteiger partial charge < -0.3 is 19.5 Å². The normalized spacial score (nSPS) is 16.2. The molecular weight excluding hydrogens is 365 g/mol. The molecule has 7 heteroatoms. The molecule has 28 heavy (non-hydrogen) atoms. The van der Waals surface area contributed by atoms with Gasteiger partial charge in [0.1, 0.15) is 30.5 Å². The number of amides is 1. The van der Waals surface area contributed by atoms with Gasteiger partial charge in [0.25, 0.3) is 0 Å². The van der Waals surface area contributed by atoms with Crippen molar-refractivity contribution in [1.82, 2.24) is 4.90 Å². The summed E-state index contributed by atoms with van der Waals surface area (Å²) in [5.41, 5.74) is 0.941. The molecule has 6 nitrogen and oxygen atoms in total. The molecule has 1 atom stereocenters. The van der Waals surface area contributed by atoms with Crippen molar-refractivity contribution in [2.45, 2.75) is 12.8 Å². The van der Waals surface area contributed by atoms with Crippen LogP contribution in [0.5, 0.6) is 11.5 Å². The highest BCUT2D eigenvalue weighted by Gasteiger charge is 2.33. The minimum absolute atomic E-state index is 0.0637. The van der Waals surface area contributed by atoms with Crippen LogP contribution in [0.15, 0.2) is 48.5 Å². The first-order valence-electron chi connectivity index (χ1n) is 9.12. The number of aliphatic carboxylic acids is 1. The Kier molecular flexibility index (Phi) is 6.47. The smallest absolute Gasteiger partial charge is 0.308 e. The highest BCUT2D eigenvalue weighted by Crippen LogP contribution is 2.22. The third-order valence-electron chi connectivity index (χ3n) is 4.61. The van der Waals surface area contributed by atoms with E-state index in [1.165, 1.54) is 12.1 Å². The number of para-hydroxylation sites is 1. The van der Waals surface area contributed by atoms with Crippen LogP contribution in [-0.4, -0.2) is 48.2 Å². The number of hydrogen-bond acceptors (Lipinski definition) is 4. The maximum atomic E-state index is 12.9. The number of ether oxygens (including phenoxy) is 2. The van der Waals surface area contributed by atoms with Gasteiger partial charge in [-0.15, -0.1) is 0 Å². The quantitative estimate of drug-likeness (QED) is 0.670. The van der Waals surface area contributed by atoms with Crippen LogP contribution in [0.4, 0.5) is 4.39 Å². The number of likely N-dealkylation sites (tertiary alicyclic amines) is 1. The van der Waals surface area contributed by atoms with E-state index in [1.54, 1.807) is 17.0 Å². The van der Waals surface area contributed by atoms with Crippen LogP contribution in [0.25, 0.3) is 0 Å². The lowest BCUT2D eigenvalue weighted by Gasteiger charge is -2.17. The summed E-state index contributed by atoms with van der Waals surface area (Å²) in [6.45, 7) is 1.33. The summed E-state index contributed by atoms with van der Waals surface area (Å²) in [6.07, 6.45) is 0.640. The van der Waals surface area contributed by atoms with Crippen LogP contribution < -0.4 is 9.47 Å². The summed E-state index contributed by atoms with van der Waals surface area (Å²) < 4.78 is 24.2. The molecule has 1 amide bonds. The molecule has 2 aromatic carbocycles. The maximum absolute atomic E-state index is 12.9. The van der Waals surface area contributed by atoms with Crippen molar-refractivity contribution in [2.24, 2.45) is 5.92 Å². The maximum Gasteiger partial charge on any atom is 0.308 e. The van der Waals surface area contributed by atoms with Crippen LogP contribution in [-0.2, 0) is 16.0 Å². The number of hydrogen-bond donors (Lipinski definition) is 1. The fraction of sp³-hybridized carbons (Fsp3) is 0.333. The van der Waals surface area contributed by atoms with Crippen LogP contribution in [0.3, 0.4) is 0 Å². The molecule has 0 bridgehead atoms. The molecule has 1 aliphatic heterocycles. The second-order valence-electron chi connectivity index (χ2n) is 6.59. The molecule has 0 spiro atoms. The zero-order valence-electron chi connectivity index (χ0n) is 15.3. The summed E-state index contributed by atoms with van der Waals surface area (Å²) in [6, 6.07) is 13.3.